The Kier molecular flexibility index (Phi) is 4.12. The van der Waals surface area contributed by atoms with Gasteiger partial charge in [-0.15, -0.1) is 0 Å². The molecule has 1 aromatic heterocycles. The van der Waals surface area contributed by atoms with Crippen molar-refractivity contribution in [2.24, 2.45) is 7.05 Å². The fourth-order valence-corrected chi connectivity index (χ4v) is 2.55. The smallest absolute Gasteiger partial charge is 0.251 e. The molecule has 0 radical (unpaired) electrons. The Hall–Kier alpha value is -2.66. The maximum atomic E-state index is 13.1. The van der Waals surface area contributed by atoms with E-state index in [0.717, 1.165) is 22.5 Å². The Morgan fingerprint density at radius 3 is 2.87 bits per heavy atom. The van der Waals surface area contributed by atoms with Gasteiger partial charge in [0.25, 0.3) is 5.91 Å². The van der Waals surface area contributed by atoms with Gasteiger partial charge in [-0.25, -0.2) is 4.39 Å². The summed E-state index contributed by atoms with van der Waals surface area (Å²) < 4.78 is 15.1. The number of benzene rings is 2. The van der Waals surface area contributed by atoms with E-state index in [9.17, 15) is 14.3 Å². The van der Waals surface area contributed by atoms with Crippen molar-refractivity contribution < 1.29 is 14.3 Å². The highest BCUT2D eigenvalue weighted by Crippen LogP contribution is 2.20. The van der Waals surface area contributed by atoms with Crippen LogP contribution in [0, 0.1) is 5.82 Å². The first kappa shape index (κ1) is 15.2. The second-order valence-corrected chi connectivity index (χ2v) is 5.48. The molecule has 0 saturated heterocycles. The predicted molar refractivity (Wildman–Crippen MR) is 86.6 cm³/mol. The van der Waals surface area contributed by atoms with E-state index in [1.54, 1.807) is 0 Å². The molecule has 2 N–H and O–H groups in total. The summed E-state index contributed by atoms with van der Waals surface area (Å²) >= 11 is 0. The summed E-state index contributed by atoms with van der Waals surface area (Å²) in [6, 6.07) is 13.1. The monoisotopic (exact) mass is 312 g/mol. The Balaban J connectivity index is 1.68. The number of halogens is 1. The highest BCUT2D eigenvalue weighted by atomic mass is 19.1. The van der Waals surface area contributed by atoms with Gasteiger partial charge in [0.1, 0.15) is 5.82 Å². The molecule has 0 aliphatic carbocycles. The van der Waals surface area contributed by atoms with Crippen LogP contribution < -0.4 is 5.32 Å². The summed E-state index contributed by atoms with van der Waals surface area (Å²) in [5.41, 5.74) is 2.03. The zero-order valence-electron chi connectivity index (χ0n) is 12.7. The molecular weight excluding hydrogens is 295 g/mol. The molecule has 0 fully saturated rings. The molecule has 2 aromatic carbocycles. The van der Waals surface area contributed by atoms with Crippen molar-refractivity contribution in [2.45, 2.75) is 6.10 Å². The molecule has 0 saturated carbocycles. The molecule has 0 spiro atoms. The van der Waals surface area contributed by atoms with E-state index in [0.29, 0.717) is 0 Å². The van der Waals surface area contributed by atoms with Crippen molar-refractivity contribution in [2.75, 3.05) is 6.54 Å². The van der Waals surface area contributed by atoms with Crippen LogP contribution in [0.3, 0.4) is 0 Å². The topological polar surface area (TPSA) is 54.3 Å². The standard InChI is InChI=1S/C18H17FN2O2/c1-21-8-7-12-9-13(5-6-16(12)21)17(22)11-20-18(23)14-3-2-4-15(19)10-14/h2-10,17,22H,11H2,1H3,(H,20,23). The van der Waals surface area contributed by atoms with Crippen molar-refractivity contribution in [3.05, 3.63) is 71.7 Å². The van der Waals surface area contributed by atoms with Gasteiger partial charge in [-0.05, 0) is 47.3 Å². The van der Waals surface area contributed by atoms with Gasteiger partial charge < -0.3 is 15.0 Å². The number of rotatable bonds is 4. The maximum absolute atomic E-state index is 13.1. The first-order chi connectivity index (χ1) is 11.0. The number of fused-ring (bicyclic) bond motifs is 1. The van der Waals surface area contributed by atoms with Crippen molar-refractivity contribution in [1.29, 1.82) is 0 Å². The van der Waals surface area contributed by atoms with Crippen molar-refractivity contribution in [1.82, 2.24) is 9.88 Å². The van der Waals surface area contributed by atoms with Gasteiger partial charge in [0.2, 0.25) is 0 Å². The van der Waals surface area contributed by atoms with Gasteiger partial charge in [0.15, 0.2) is 0 Å². The first-order valence-corrected chi connectivity index (χ1v) is 7.31. The quantitative estimate of drug-likeness (QED) is 0.778. The van der Waals surface area contributed by atoms with Gasteiger partial charge >= 0.3 is 0 Å². The minimum atomic E-state index is -0.822. The number of amides is 1. The summed E-state index contributed by atoms with van der Waals surface area (Å²) in [4.78, 5) is 12.0. The van der Waals surface area contributed by atoms with Gasteiger partial charge in [0.05, 0.1) is 6.10 Å². The zero-order valence-corrected chi connectivity index (χ0v) is 12.7. The number of aliphatic hydroxyl groups excluding tert-OH is 1. The van der Waals surface area contributed by atoms with Crippen LogP contribution in [0.5, 0.6) is 0 Å². The number of hydrogen-bond acceptors (Lipinski definition) is 2. The van der Waals surface area contributed by atoms with Crippen LogP contribution in [0.25, 0.3) is 10.9 Å². The summed E-state index contributed by atoms with van der Waals surface area (Å²) in [6.07, 6.45) is 1.13. The van der Waals surface area contributed by atoms with Crippen LogP contribution in [0.4, 0.5) is 4.39 Å². The van der Waals surface area contributed by atoms with E-state index in [2.05, 4.69) is 5.32 Å². The number of carbonyl (C=O) groups is 1. The maximum Gasteiger partial charge on any atom is 0.251 e. The molecule has 4 nitrogen and oxygen atoms in total. The lowest BCUT2D eigenvalue weighted by molar-refractivity contribution is 0.0916. The second-order valence-electron chi connectivity index (χ2n) is 5.48. The molecule has 3 rings (SSSR count). The molecule has 1 unspecified atom stereocenters. The number of nitrogens with zero attached hydrogens (tertiary/aromatic N) is 1. The summed E-state index contributed by atoms with van der Waals surface area (Å²) in [6.45, 7) is 0.0632. The summed E-state index contributed by atoms with van der Waals surface area (Å²) in [7, 11) is 1.96. The lowest BCUT2D eigenvalue weighted by Crippen LogP contribution is -2.28. The van der Waals surface area contributed by atoms with E-state index in [4.69, 9.17) is 0 Å². The van der Waals surface area contributed by atoms with Crippen LogP contribution in [0.1, 0.15) is 22.0 Å². The predicted octanol–water partition coefficient (Wildman–Crippen LogP) is 2.78. The van der Waals surface area contributed by atoms with E-state index in [-0.39, 0.29) is 12.1 Å². The van der Waals surface area contributed by atoms with E-state index < -0.39 is 17.8 Å². The average molecular weight is 312 g/mol. The molecule has 5 heteroatoms. The Morgan fingerprint density at radius 2 is 2.09 bits per heavy atom. The number of aryl methyl sites for hydroxylation is 1. The van der Waals surface area contributed by atoms with Crippen molar-refractivity contribution in [3.63, 3.8) is 0 Å². The molecule has 0 aliphatic rings. The fourth-order valence-electron chi connectivity index (χ4n) is 2.55. The van der Waals surface area contributed by atoms with Gasteiger partial charge in [-0.2, -0.15) is 0 Å². The molecule has 1 amide bonds. The number of nitrogens with one attached hydrogen (secondary N) is 1. The zero-order chi connectivity index (χ0) is 16.4. The third kappa shape index (κ3) is 3.24. The molecule has 0 aliphatic heterocycles. The van der Waals surface area contributed by atoms with Crippen LogP contribution in [0.2, 0.25) is 0 Å². The van der Waals surface area contributed by atoms with Crippen molar-refractivity contribution in [3.8, 4) is 0 Å². The highest BCUT2D eigenvalue weighted by Gasteiger charge is 2.12. The number of aliphatic hydroxyl groups is 1. The van der Waals surface area contributed by atoms with Crippen LogP contribution in [0.15, 0.2) is 54.7 Å². The minimum Gasteiger partial charge on any atom is -0.387 e. The molecule has 3 aromatic rings. The lowest BCUT2D eigenvalue weighted by Gasteiger charge is -2.13. The van der Waals surface area contributed by atoms with Crippen LogP contribution >= 0.6 is 0 Å². The average Bonchev–Trinajstić information content (AvgIpc) is 2.93. The molecule has 0 bridgehead atoms. The van der Waals surface area contributed by atoms with E-state index in [1.165, 1.54) is 18.2 Å². The van der Waals surface area contributed by atoms with Gasteiger partial charge in [-0.1, -0.05) is 12.1 Å². The largest absolute Gasteiger partial charge is 0.387 e. The summed E-state index contributed by atoms with van der Waals surface area (Å²) in [5.74, 6) is -0.878. The molecular formula is C18H17FN2O2. The number of carbonyl (C=O) groups excluding carboxylic acids is 1. The normalized spacial score (nSPS) is 12.3. The molecule has 1 atom stereocenters. The third-order valence-corrected chi connectivity index (χ3v) is 3.84. The van der Waals surface area contributed by atoms with Gasteiger partial charge in [0, 0.05) is 30.9 Å². The van der Waals surface area contributed by atoms with Gasteiger partial charge in [-0.3, -0.25) is 4.79 Å². The third-order valence-electron chi connectivity index (χ3n) is 3.84. The summed E-state index contributed by atoms with van der Waals surface area (Å²) in [5, 5.41) is 13.9. The van der Waals surface area contributed by atoms with E-state index in [1.807, 2.05) is 42.1 Å². The van der Waals surface area contributed by atoms with Crippen molar-refractivity contribution >= 4 is 16.8 Å². The Labute approximate surface area is 133 Å². The first-order valence-electron chi connectivity index (χ1n) is 7.31. The SMILES string of the molecule is Cn1ccc2cc(C(O)CNC(=O)c3cccc(F)c3)ccc21. The Bertz CT molecular complexity index is 857. The highest BCUT2D eigenvalue weighted by molar-refractivity contribution is 5.94. The molecule has 118 valence electrons. The fraction of sp³-hybridized carbons (Fsp3) is 0.167. The lowest BCUT2D eigenvalue weighted by atomic mass is 10.1. The number of aromatic nitrogens is 1. The Morgan fingerprint density at radius 1 is 1.26 bits per heavy atom. The van der Waals surface area contributed by atoms with Crippen LogP contribution in [-0.2, 0) is 7.05 Å². The number of hydrogen-bond donors (Lipinski definition) is 2. The minimum absolute atomic E-state index is 0.0632. The van der Waals surface area contributed by atoms with Crippen LogP contribution in [-0.4, -0.2) is 22.1 Å². The second kappa shape index (κ2) is 6.22. The molecule has 1 heterocycles. The van der Waals surface area contributed by atoms with E-state index >= 15 is 0 Å². The molecule has 23 heavy (non-hydrogen) atoms.